The van der Waals surface area contributed by atoms with Crippen molar-refractivity contribution in [2.75, 3.05) is 49.6 Å². The van der Waals surface area contributed by atoms with Gasteiger partial charge in [-0.25, -0.2) is 4.39 Å². The number of hydrogen-bond donors (Lipinski definition) is 1. The highest BCUT2D eigenvalue weighted by Gasteiger charge is 2.24. The highest BCUT2D eigenvalue weighted by Crippen LogP contribution is 2.32. The molecular formula is C23H28FN3O2. The molecule has 2 aromatic carbocycles. The number of carbonyl (C=O) groups is 1. The molecule has 0 spiro atoms. The SMILES string of the molecule is Cc1ccc(F)c2c1CCCN2CC(=O)Nc1ccc(CN2CCOCC2)cc1. The molecule has 0 aliphatic carbocycles. The normalized spacial score (nSPS) is 17.1. The predicted molar refractivity (Wildman–Crippen MR) is 113 cm³/mol. The number of benzene rings is 2. The average molecular weight is 397 g/mol. The van der Waals surface area contributed by atoms with Crippen LogP contribution in [0.4, 0.5) is 15.8 Å². The third-order valence-electron chi connectivity index (χ3n) is 5.72. The molecular weight excluding hydrogens is 369 g/mol. The van der Waals surface area contributed by atoms with Gasteiger partial charge in [0.1, 0.15) is 5.82 Å². The molecule has 1 saturated heterocycles. The lowest BCUT2D eigenvalue weighted by Crippen LogP contribution is -2.37. The molecule has 0 unspecified atom stereocenters. The highest BCUT2D eigenvalue weighted by molar-refractivity contribution is 5.94. The van der Waals surface area contributed by atoms with Crippen LogP contribution in [0.2, 0.25) is 0 Å². The van der Waals surface area contributed by atoms with Gasteiger partial charge in [-0.3, -0.25) is 9.69 Å². The van der Waals surface area contributed by atoms with Gasteiger partial charge >= 0.3 is 0 Å². The molecule has 0 radical (unpaired) electrons. The van der Waals surface area contributed by atoms with Gasteiger partial charge in [0.15, 0.2) is 0 Å². The number of carbonyl (C=O) groups excluding carboxylic acids is 1. The van der Waals surface area contributed by atoms with Crippen LogP contribution in [-0.2, 0) is 22.5 Å². The Bertz CT molecular complexity index is 863. The predicted octanol–water partition coefficient (Wildman–Crippen LogP) is 3.36. The third kappa shape index (κ3) is 4.77. The largest absolute Gasteiger partial charge is 0.379 e. The van der Waals surface area contributed by atoms with Crippen molar-refractivity contribution >= 4 is 17.3 Å². The smallest absolute Gasteiger partial charge is 0.243 e. The zero-order valence-corrected chi connectivity index (χ0v) is 16.9. The number of amides is 1. The van der Waals surface area contributed by atoms with E-state index >= 15 is 0 Å². The second-order valence-corrected chi connectivity index (χ2v) is 7.85. The zero-order chi connectivity index (χ0) is 20.2. The molecule has 4 rings (SSSR count). The molecule has 2 aliphatic rings. The van der Waals surface area contributed by atoms with Gasteiger partial charge in [0.2, 0.25) is 5.91 Å². The van der Waals surface area contributed by atoms with Crippen molar-refractivity contribution < 1.29 is 13.9 Å². The maximum Gasteiger partial charge on any atom is 0.243 e. The van der Waals surface area contributed by atoms with E-state index in [4.69, 9.17) is 4.74 Å². The number of morpholine rings is 1. The second-order valence-electron chi connectivity index (χ2n) is 7.85. The van der Waals surface area contributed by atoms with Crippen LogP contribution < -0.4 is 10.2 Å². The van der Waals surface area contributed by atoms with E-state index in [-0.39, 0.29) is 18.3 Å². The molecule has 1 N–H and O–H groups in total. The maximum atomic E-state index is 14.4. The lowest BCUT2D eigenvalue weighted by molar-refractivity contribution is -0.115. The number of aryl methyl sites for hydroxylation is 1. The fraction of sp³-hybridized carbons (Fsp3) is 0.435. The number of fused-ring (bicyclic) bond motifs is 1. The second kappa shape index (κ2) is 8.93. The van der Waals surface area contributed by atoms with Gasteiger partial charge in [0, 0.05) is 31.9 Å². The molecule has 5 nitrogen and oxygen atoms in total. The zero-order valence-electron chi connectivity index (χ0n) is 16.9. The summed E-state index contributed by atoms with van der Waals surface area (Å²) >= 11 is 0. The van der Waals surface area contributed by atoms with E-state index in [1.165, 1.54) is 11.6 Å². The Labute approximate surface area is 171 Å². The highest BCUT2D eigenvalue weighted by atomic mass is 19.1. The molecule has 2 aliphatic heterocycles. The van der Waals surface area contributed by atoms with Crippen molar-refractivity contribution in [2.45, 2.75) is 26.3 Å². The molecule has 29 heavy (non-hydrogen) atoms. The van der Waals surface area contributed by atoms with Gasteiger partial charge in [0.25, 0.3) is 0 Å². The molecule has 154 valence electrons. The maximum absolute atomic E-state index is 14.4. The summed E-state index contributed by atoms with van der Waals surface area (Å²) in [6.07, 6.45) is 1.79. The molecule has 1 amide bonds. The Morgan fingerprint density at radius 1 is 1.10 bits per heavy atom. The lowest BCUT2D eigenvalue weighted by Gasteiger charge is -2.32. The minimum absolute atomic E-state index is 0.125. The number of hydrogen-bond acceptors (Lipinski definition) is 4. The van der Waals surface area contributed by atoms with E-state index in [9.17, 15) is 9.18 Å². The first-order valence-electron chi connectivity index (χ1n) is 10.3. The summed E-state index contributed by atoms with van der Waals surface area (Å²) in [5.41, 5.74) is 4.68. The molecule has 0 aromatic heterocycles. The van der Waals surface area contributed by atoms with Gasteiger partial charge < -0.3 is 15.0 Å². The van der Waals surface area contributed by atoms with E-state index in [1.807, 2.05) is 42.2 Å². The Morgan fingerprint density at radius 3 is 2.62 bits per heavy atom. The summed E-state index contributed by atoms with van der Waals surface area (Å²) in [4.78, 5) is 16.8. The van der Waals surface area contributed by atoms with Crippen molar-refractivity contribution in [2.24, 2.45) is 0 Å². The standard InChI is InChI=1S/C23H28FN3O2/c1-17-4-9-21(24)23-20(17)3-2-10-27(23)16-22(28)25-19-7-5-18(6-8-19)15-26-11-13-29-14-12-26/h4-9H,2-3,10-16H2,1H3,(H,25,28). The minimum atomic E-state index is -0.245. The molecule has 6 heteroatoms. The summed E-state index contributed by atoms with van der Waals surface area (Å²) in [6, 6.07) is 11.3. The summed E-state index contributed by atoms with van der Waals surface area (Å²) in [6.45, 7) is 7.21. The molecule has 0 bridgehead atoms. The number of ether oxygens (including phenoxy) is 1. The van der Waals surface area contributed by atoms with Gasteiger partial charge in [-0.2, -0.15) is 0 Å². The average Bonchev–Trinajstić information content (AvgIpc) is 2.73. The summed E-state index contributed by atoms with van der Waals surface area (Å²) in [7, 11) is 0. The fourth-order valence-corrected chi connectivity index (χ4v) is 4.17. The number of nitrogens with one attached hydrogen (secondary N) is 1. The van der Waals surface area contributed by atoms with Gasteiger partial charge in [0.05, 0.1) is 25.4 Å². The van der Waals surface area contributed by atoms with Crippen molar-refractivity contribution in [1.82, 2.24) is 4.90 Å². The summed E-state index contributed by atoms with van der Waals surface area (Å²) in [5.74, 6) is -0.370. The van der Waals surface area contributed by atoms with E-state index in [0.29, 0.717) is 12.2 Å². The Kier molecular flexibility index (Phi) is 6.11. The Balaban J connectivity index is 1.36. The van der Waals surface area contributed by atoms with E-state index in [1.54, 1.807) is 0 Å². The Morgan fingerprint density at radius 2 is 1.86 bits per heavy atom. The van der Waals surface area contributed by atoms with E-state index < -0.39 is 0 Å². The number of rotatable bonds is 5. The van der Waals surface area contributed by atoms with Gasteiger partial charge in [-0.1, -0.05) is 18.2 Å². The lowest BCUT2D eigenvalue weighted by atomic mass is 9.96. The van der Waals surface area contributed by atoms with Gasteiger partial charge in [-0.05, 0) is 54.7 Å². The van der Waals surface area contributed by atoms with Crippen LogP contribution in [0.25, 0.3) is 0 Å². The van der Waals surface area contributed by atoms with Crippen molar-refractivity contribution in [3.8, 4) is 0 Å². The van der Waals surface area contributed by atoms with Crippen LogP contribution in [0.3, 0.4) is 0 Å². The molecule has 2 aromatic rings. The first-order chi connectivity index (χ1) is 14.1. The number of nitrogens with zero attached hydrogens (tertiary/aromatic N) is 2. The molecule has 0 atom stereocenters. The molecule has 1 fully saturated rings. The van der Waals surface area contributed by atoms with E-state index in [0.717, 1.165) is 62.5 Å². The first-order valence-corrected chi connectivity index (χ1v) is 10.3. The topological polar surface area (TPSA) is 44.8 Å². The Hall–Kier alpha value is -2.44. The number of anilines is 2. The van der Waals surface area contributed by atoms with Crippen molar-refractivity contribution in [1.29, 1.82) is 0 Å². The monoisotopic (exact) mass is 397 g/mol. The van der Waals surface area contributed by atoms with Crippen LogP contribution in [0, 0.1) is 12.7 Å². The van der Waals surface area contributed by atoms with Crippen LogP contribution in [-0.4, -0.2) is 50.2 Å². The van der Waals surface area contributed by atoms with Crippen LogP contribution >= 0.6 is 0 Å². The van der Waals surface area contributed by atoms with Gasteiger partial charge in [-0.15, -0.1) is 0 Å². The minimum Gasteiger partial charge on any atom is -0.379 e. The van der Waals surface area contributed by atoms with Crippen LogP contribution in [0.1, 0.15) is 23.1 Å². The molecule has 2 heterocycles. The van der Waals surface area contributed by atoms with Crippen LogP contribution in [0.5, 0.6) is 0 Å². The number of halogens is 1. The van der Waals surface area contributed by atoms with E-state index in [2.05, 4.69) is 10.2 Å². The summed E-state index contributed by atoms with van der Waals surface area (Å²) < 4.78 is 19.8. The third-order valence-corrected chi connectivity index (χ3v) is 5.72. The van der Waals surface area contributed by atoms with Crippen LogP contribution in [0.15, 0.2) is 36.4 Å². The fourth-order valence-electron chi connectivity index (χ4n) is 4.17. The first kappa shape index (κ1) is 19.9. The van der Waals surface area contributed by atoms with Crippen molar-refractivity contribution in [3.05, 3.63) is 58.9 Å². The quantitative estimate of drug-likeness (QED) is 0.840. The summed E-state index contributed by atoms with van der Waals surface area (Å²) in [5, 5.41) is 2.95. The van der Waals surface area contributed by atoms with Crippen molar-refractivity contribution in [3.63, 3.8) is 0 Å². The molecule has 0 saturated carbocycles.